The van der Waals surface area contributed by atoms with Crippen molar-refractivity contribution in [1.82, 2.24) is 19.8 Å². The van der Waals surface area contributed by atoms with E-state index >= 15 is 0 Å². The van der Waals surface area contributed by atoms with E-state index < -0.39 is 51.7 Å². The molecule has 2 N–H and O–H groups in total. The SMILES string of the molecule is O=C(NS(=O)(=O)CCC(F)(F)F)c1ccc(N2CCN(Cc3cc(-c4cccc(O)c4)cc(C(F)(F)F)c3)CC2)nn1. The zero-order chi connectivity index (χ0) is 30.7. The average Bonchev–Trinajstić information content (AvgIpc) is 2.91. The fraction of sp³-hybridized carbons (Fsp3) is 0.346. The Balaban J connectivity index is 1.37. The van der Waals surface area contributed by atoms with E-state index in [-0.39, 0.29) is 12.3 Å². The van der Waals surface area contributed by atoms with Gasteiger partial charge < -0.3 is 10.0 Å². The van der Waals surface area contributed by atoms with Crippen molar-refractivity contribution >= 4 is 21.7 Å². The summed E-state index contributed by atoms with van der Waals surface area (Å²) in [6, 6.07) is 12.4. The predicted octanol–water partition coefficient (Wildman–Crippen LogP) is 4.20. The molecule has 0 spiro atoms. The van der Waals surface area contributed by atoms with Gasteiger partial charge in [0.15, 0.2) is 11.5 Å². The van der Waals surface area contributed by atoms with E-state index in [1.165, 1.54) is 29.0 Å². The van der Waals surface area contributed by atoms with E-state index in [9.17, 15) is 44.7 Å². The van der Waals surface area contributed by atoms with Crippen LogP contribution in [-0.2, 0) is 22.7 Å². The lowest BCUT2D eigenvalue weighted by Crippen LogP contribution is -2.46. The molecule has 3 aromatic rings. The van der Waals surface area contributed by atoms with Crippen LogP contribution in [0.3, 0.4) is 0 Å². The molecule has 1 aromatic heterocycles. The van der Waals surface area contributed by atoms with Crippen LogP contribution in [0.5, 0.6) is 5.75 Å². The van der Waals surface area contributed by atoms with Crippen LogP contribution in [0, 0.1) is 0 Å². The van der Waals surface area contributed by atoms with Crippen molar-refractivity contribution in [2.24, 2.45) is 0 Å². The van der Waals surface area contributed by atoms with Crippen molar-refractivity contribution in [3.05, 3.63) is 71.4 Å². The maximum atomic E-state index is 13.6. The fourth-order valence-electron chi connectivity index (χ4n) is 4.30. The van der Waals surface area contributed by atoms with Gasteiger partial charge in [0, 0.05) is 32.7 Å². The van der Waals surface area contributed by atoms with Crippen LogP contribution < -0.4 is 9.62 Å². The average molecular weight is 618 g/mol. The Bertz CT molecular complexity index is 1520. The molecule has 2 heterocycles. The molecule has 1 saturated heterocycles. The van der Waals surface area contributed by atoms with Crippen molar-refractivity contribution in [2.75, 3.05) is 36.8 Å². The normalized spacial score (nSPS) is 15.0. The van der Waals surface area contributed by atoms with Gasteiger partial charge in [-0.05, 0) is 59.2 Å². The Kier molecular flexibility index (Phi) is 8.96. The molecule has 0 radical (unpaired) electrons. The number of benzene rings is 2. The number of halogens is 6. The van der Waals surface area contributed by atoms with Crippen LogP contribution in [0.2, 0.25) is 0 Å². The molecule has 1 aliphatic heterocycles. The topological polar surface area (TPSA) is 116 Å². The number of alkyl halides is 6. The Morgan fingerprint density at radius 3 is 2.21 bits per heavy atom. The summed E-state index contributed by atoms with van der Waals surface area (Å²) in [7, 11) is -4.53. The van der Waals surface area contributed by atoms with Crippen molar-refractivity contribution in [2.45, 2.75) is 25.3 Å². The van der Waals surface area contributed by atoms with Gasteiger partial charge in [-0.3, -0.25) is 9.69 Å². The maximum Gasteiger partial charge on any atom is 0.416 e. The second-order valence-corrected chi connectivity index (χ2v) is 11.5. The summed E-state index contributed by atoms with van der Waals surface area (Å²) < 4.78 is 103. The van der Waals surface area contributed by atoms with Gasteiger partial charge >= 0.3 is 12.4 Å². The molecule has 0 bridgehead atoms. The summed E-state index contributed by atoms with van der Waals surface area (Å²) >= 11 is 0. The van der Waals surface area contributed by atoms with Gasteiger partial charge in [0.25, 0.3) is 5.91 Å². The van der Waals surface area contributed by atoms with Crippen LogP contribution in [0.25, 0.3) is 11.1 Å². The number of anilines is 1. The fourth-order valence-corrected chi connectivity index (χ4v) is 5.29. The molecule has 42 heavy (non-hydrogen) atoms. The number of nitrogens with one attached hydrogen (secondary N) is 1. The first-order valence-corrected chi connectivity index (χ1v) is 14.2. The summed E-state index contributed by atoms with van der Waals surface area (Å²) in [4.78, 5) is 15.9. The van der Waals surface area contributed by atoms with E-state index in [0.29, 0.717) is 48.7 Å². The number of aromatic nitrogens is 2. The molecule has 0 atom stereocenters. The van der Waals surface area contributed by atoms with Gasteiger partial charge in [0.2, 0.25) is 10.0 Å². The van der Waals surface area contributed by atoms with Crippen molar-refractivity contribution < 1.29 is 44.7 Å². The number of hydrogen-bond donors (Lipinski definition) is 2. The van der Waals surface area contributed by atoms with Gasteiger partial charge in [-0.2, -0.15) is 26.3 Å². The number of piperazine rings is 1. The third-order valence-electron chi connectivity index (χ3n) is 6.39. The van der Waals surface area contributed by atoms with Gasteiger partial charge in [-0.15, -0.1) is 10.2 Å². The predicted molar refractivity (Wildman–Crippen MR) is 140 cm³/mol. The first kappa shape index (κ1) is 31.0. The number of nitrogens with zero attached hydrogens (tertiary/aromatic N) is 4. The molecule has 0 aliphatic carbocycles. The number of hydrogen-bond acceptors (Lipinski definition) is 8. The minimum absolute atomic E-state index is 0.0645. The second kappa shape index (κ2) is 12.1. The molecule has 0 saturated carbocycles. The summed E-state index contributed by atoms with van der Waals surface area (Å²) in [6.45, 7) is 1.99. The minimum atomic E-state index is -4.70. The Labute approximate surface area is 236 Å². The highest BCUT2D eigenvalue weighted by Gasteiger charge is 2.32. The van der Waals surface area contributed by atoms with Gasteiger partial charge in [-0.1, -0.05) is 12.1 Å². The summed E-state index contributed by atoms with van der Waals surface area (Å²) in [5, 5.41) is 17.4. The lowest BCUT2D eigenvalue weighted by atomic mass is 9.99. The zero-order valence-corrected chi connectivity index (χ0v) is 22.6. The Morgan fingerprint density at radius 1 is 0.905 bits per heavy atom. The minimum Gasteiger partial charge on any atom is -0.508 e. The van der Waals surface area contributed by atoms with Crippen molar-refractivity contribution in [1.29, 1.82) is 0 Å². The lowest BCUT2D eigenvalue weighted by Gasteiger charge is -2.35. The monoisotopic (exact) mass is 617 g/mol. The number of rotatable bonds is 8. The zero-order valence-electron chi connectivity index (χ0n) is 21.8. The number of amides is 1. The largest absolute Gasteiger partial charge is 0.508 e. The number of phenols is 1. The highest BCUT2D eigenvalue weighted by Crippen LogP contribution is 2.34. The number of carbonyl (C=O) groups excluding carboxylic acids is 1. The smallest absolute Gasteiger partial charge is 0.416 e. The molecule has 9 nitrogen and oxygen atoms in total. The molecular weight excluding hydrogens is 592 g/mol. The van der Waals surface area contributed by atoms with E-state index in [4.69, 9.17) is 0 Å². The van der Waals surface area contributed by atoms with E-state index in [0.717, 1.165) is 12.1 Å². The molecule has 1 amide bonds. The van der Waals surface area contributed by atoms with Crippen LogP contribution in [0.15, 0.2) is 54.6 Å². The molecule has 0 unspecified atom stereocenters. The van der Waals surface area contributed by atoms with Crippen LogP contribution >= 0.6 is 0 Å². The Morgan fingerprint density at radius 2 is 1.62 bits per heavy atom. The third kappa shape index (κ3) is 8.55. The molecule has 16 heteroatoms. The molecule has 2 aromatic carbocycles. The second-order valence-electron chi connectivity index (χ2n) is 9.62. The number of sulfonamides is 1. The molecule has 4 rings (SSSR count). The van der Waals surface area contributed by atoms with Gasteiger partial charge in [0.05, 0.1) is 17.7 Å². The third-order valence-corrected chi connectivity index (χ3v) is 7.63. The van der Waals surface area contributed by atoms with Gasteiger partial charge in [-0.25, -0.2) is 13.1 Å². The molecule has 226 valence electrons. The molecule has 1 fully saturated rings. The number of carbonyl (C=O) groups is 1. The maximum absolute atomic E-state index is 13.6. The number of phenolic OH excluding ortho intramolecular Hbond substituents is 1. The quantitative estimate of drug-likeness (QED) is 0.362. The van der Waals surface area contributed by atoms with E-state index in [1.807, 2.05) is 9.80 Å². The van der Waals surface area contributed by atoms with Gasteiger partial charge in [0.1, 0.15) is 5.75 Å². The summed E-state index contributed by atoms with van der Waals surface area (Å²) in [5.74, 6) is -2.23. The van der Waals surface area contributed by atoms with E-state index in [1.54, 1.807) is 18.2 Å². The Hall–Kier alpha value is -3.92. The first-order valence-electron chi connectivity index (χ1n) is 12.5. The van der Waals surface area contributed by atoms with Crippen molar-refractivity contribution in [3.63, 3.8) is 0 Å². The standard InChI is InChI=1S/C26H25F6N5O4S/c27-25(28,29)6-11-42(40,41)35-24(39)22-4-5-23(34-33-22)37-9-7-36(8-10-37)16-17-12-19(14-20(13-17)26(30,31)32)18-2-1-3-21(38)15-18/h1-5,12-15,38H,6-11,16H2,(H,35,39). The van der Waals surface area contributed by atoms with Crippen LogP contribution in [0.4, 0.5) is 32.2 Å². The first-order chi connectivity index (χ1) is 19.6. The van der Waals surface area contributed by atoms with Crippen molar-refractivity contribution in [3.8, 4) is 16.9 Å². The number of aromatic hydroxyl groups is 1. The van der Waals surface area contributed by atoms with Crippen LogP contribution in [-0.4, -0.2) is 72.6 Å². The van der Waals surface area contributed by atoms with E-state index in [2.05, 4.69) is 10.2 Å². The molecule has 1 aliphatic rings. The summed E-state index contributed by atoms with van der Waals surface area (Å²) in [6.07, 6.45) is -10.9. The lowest BCUT2D eigenvalue weighted by molar-refractivity contribution is -0.137. The molecular formula is C26H25F6N5O4S. The highest BCUT2D eigenvalue weighted by molar-refractivity contribution is 7.90. The van der Waals surface area contributed by atoms with Crippen LogP contribution in [0.1, 0.15) is 28.0 Å². The summed E-state index contributed by atoms with van der Waals surface area (Å²) in [5.41, 5.74) is 0.00485. The highest BCUT2D eigenvalue weighted by atomic mass is 32.2.